The van der Waals surface area contributed by atoms with Crippen molar-refractivity contribution >= 4 is 44.1 Å². The number of ketones is 1. The normalized spacial score (nSPS) is 30.4. The van der Waals surface area contributed by atoms with Gasteiger partial charge in [0.1, 0.15) is 5.41 Å². The Bertz CT molecular complexity index is 1300. The molecule has 1 unspecified atom stereocenters. The van der Waals surface area contributed by atoms with E-state index in [4.69, 9.17) is 9.26 Å². The number of hydrogen-bond acceptors (Lipinski definition) is 9. The number of anilines is 1. The molecule has 3 aliphatic heterocycles. The monoisotopic (exact) mass is 465 g/mol. The maximum atomic E-state index is 15.7. The number of imide groups is 1. The highest BCUT2D eigenvalue weighted by atomic mass is 32.2. The lowest BCUT2D eigenvalue weighted by Gasteiger charge is -2.55. The van der Waals surface area contributed by atoms with Crippen molar-refractivity contribution in [1.82, 2.24) is 10.5 Å². The van der Waals surface area contributed by atoms with Gasteiger partial charge in [-0.2, -0.15) is 0 Å². The van der Waals surface area contributed by atoms with Crippen molar-refractivity contribution in [2.45, 2.75) is 50.0 Å². The Kier molecular flexibility index (Phi) is 4.32. The van der Waals surface area contributed by atoms with Gasteiger partial charge < -0.3 is 14.2 Å². The van der Waals surface area contributed by atoms with Gasteiger partial charge in [0.05, 0.1) is 35.7 Å². The number of carbonyl (C=O) groups is 3. The van der Waals surface area contributed by atoms with Crippen molar-refractivity contribution in [1.29, 1.82) is 0 Å². The van der Waals surface area contributed by atoms with E-state index in [2.05, 4.69) is 10.5 Å². The summed E-state index contributed by atoms with van der Waals surface area (Å²) in [6.45, 7) is 3.66. The van der Waals surface area contributed by atoms with Crippen LogP contribution in [0.5, 0.6) is 0 Å². The number of rotatable bonds is 1. The smallest absolute Gasteiger partial charge is 0.242 e. The van der Waals surface area contributed by atoms with E-state index in [9.17, 15) is 22.8 Å². The molecule has 0 saturated carbocycles. The number of morpholine rings is 1. The summed E-state index contributed by atoms with van der Waals surface area (Å²) in [5.41, 5.74) is -1.63. The molecule has 1 N–H and O–H groups in total. The average molecular weight is 465 g/mol. The Balaban J connectivity index is 1.81. The van der Waals surface area contributed by atoms with Crippen molar-refractivity contribution < 1.29 is 36.5 Å². The van der Waals surface area contributed by atoms with Crippen molar-refractivity contribution in [2.75, 3.05) is 17.7 Å². The Hall–Kier alpha value is -2.86. The number of benzene rings is 1. The number of nitrogens with one attached hydrogen (secondary N) is 1. The van der Waals surface area contributed by atoms with Crippen LogP contribution < -0.4 is 10.2 Å². The molecule has 2 aromatic rings. The summed E-state index contributed by atoms with van der Waals surface area (Å²) in [7, 11) is -3.83. The summed E-state index contributed by atoms with van der Waals surface area (Å²) in [4.78, 5) is 39.8. The molecular weight excluding hydrogens is 445 g/mol. The highest BCUT2D eigenvalue weighted by molar-refractivity contribution is 7.90. The molecule has 10 nitrogen and oxygen atoms in total. The first-order chi connectivity index (χ1) is 14.9. The third-order valence-electron chi connectivity index (χ3n) is 6.50. The van der Waals surface area contributed by atoms with Crippen LogP contribution in [0.4, 0.5) is 10.1 Å². The number of piperidine rings is 1. The first kappa shape index (κ1) is 21.0. The lowest BCUT2D eigenvalue weighted by Crippen LogP contribution is -2.72. The van der Waals surface area contributed by atoms with Crippen LogP contribution in [0.25, 0.3) is 11.0 Å². The van der Waals surface area contributed by atoms with E-state index in [0.717, 1.165) is 6.26 Å². The number of sulfone groups is 1. The molecule has 1 spiro atoms. The van der Waals surface area contributed by atoms with E-state index in [1.807, 2.05) is 0 Å². The van der Waals surface area contributed by atoms with Gasteiger partial charge in [0.2, 0.25) is 22.4 Å². The number of carbonyl (C=O) groups excluding carboxylic acids is 3. The van der Waals surface area contributed by atoms with Crippen molar-refractivity contribution in [2.24, 2.45) is 5.41 Å². The van der Waals surface area contributed by atoms with Crippen LogP contribution in [0.15, 0.2) is 15.6 Å². The highest BCUT2D eigenvalue weighted by Gasteiger charge is 2.62. The van der Waals surface area contributed by atoms with Gasteiger partial charge in [0.15, 0.2) is 21.4 Å². The quantitative estimate of drug-likeness (QED) is 0.472. The van der Waals surface area contributed by atoms with E-state index in [1.165, 1.54) is 6.07 Å². The molecule has 0 radical (unpaired) electrons. The van der Waals surface area contributed by atoms with E-state index in [1.54, 1.807) is 18.7 Å². The van der Waals surface area contributed by atoms with Gasteiger partial charge in [0.25, 0.3) is 0 Å². The van der Waals surface area contributed by atoms with Gasteiger partial charge in [0, 0.05) is 12.8 Å². The number of Topliss-reactive ketones (excluding diaryl/α,β-unsaturated/α-hetero) is 1. The minimum absolute atomic E-state index is 0.0635. The van der Waals surface area contributed by atoms with Crippen LogP contribution in [-0.4, -0.2) is 62.2 Å². The second-order valence-corrected chi connectivity index (χ2v) is 10.6. The van der Waals surface area contributed by atoms with Crippen molar-refractivity contribution in [3.05, 3.63) is 17.4 Å². The molecule has 170 valence electrons. The SMILES string of the molecule is C[C@@H]1CN2c3c(cc4c(S(C)(=O)=O)noc4c3F)CC3(C(=O)CC(=O)NC3=O)[C@H]2[C@H](C)O1. The van der Waals surface area contributed by atoms with Crippen LogP contribution in [0.2, 0.25) is 0 Å². The molecule has 4 atom stereocenters. The van der Waals surface area contributed by atoms with Gasteiger partial charge in [-0.15, -0.1) is 0 Å². The maximum absolute atomic E-state index is 15.7. The topological polar surface area (TPSA) is 136 Å². The minimum atomic E-state index is -3.83. The van der Waals surface area contributed by atoms with Crippen LogP contribution in [0.1, 0.15) is 25.8 Å². The third kappa shape index (κ3) is 2.68. The molecule has 1 aromatic carbocycles. The van der Waals surface area contributed by atoms with Crippen LogP contribution in [-0.2, 0) is 35.4 Å². The predicted molar refractivity (Wildman–Crippen MR) is 107 cm³/mol. The van der Waals surface area contributed by atoms with Crippen LogP contribution in [0.3, 0.4) is 0 Å². The predicted octanol–water partition coefficient (Wildman–Crippen LogP) is 0.511. The Morgan fingerprint density at radius 2 is 2.00 bits per heavy atom. The molecule has 1 aromatic heterocycles. The third-order valence-corrected chi connectivity index (χ3v) is 7.49. The van der Waals surface area contributed by atoms with E-state index in [-0.39, 0.29) is 41.3 Å². The molecule has 5 rings (SSSR count). The lowest BCUT2D eigenvalue weighted by atomic mass is 9.63. The Morgan fingerprint density at radius 3 is 2.66 bits per heavy atom. The van der Waals surface area contributed by atoms with Gasteiger partial charge >= 0.3 is 0 Å². The number of amides is 2. The Labute approximate surface area is 182 Å². The molecule has 2 fully saturated rings. The van der Waals surface area contributed by atoms with Crippen molar-refractivity contribution in [3.8, 4) is 0 Å². The first-order valence-electron chi connectivity index (χ1n) is 10.1. The number of ether oxygens (including phenoxy) is 1. The number of hydrogen-bond donors (Lipinski definition) is 1. The van der Waals surface area contributed by atoms with Crippen LogP contribution >= 0.6 is 0 Å². The average Bonchev–Trinajstić information content (AvgIpc) is 3.10. The molecule has 2 saturated heterocycles. The summed E-state index contributed by atoms with van der Waals surface area (Å²) in [5, 5.41) is 5.30. The molecular formula is C20H20FN3O7S. The number of aromatic nitrogens is 1. The summed E-state index contributed by atoms with van der Waals surface area (Å²) >= 11 is 0. The molecule has 12 heteroatoms. The van der Waals surface area contributed by atoms with Crippen molar-refractivity contribution in [3.63, 3.8) is 0 Å². The molecule has 0 aliphatic carbocycles. The number of nitrogens with zero attached hydrogens (tertiary/aromatic N) is 2. The zero-order chi connectivity index (χ0) is 23.2. The molecule has 4 heterocycles. The second kappa shape index (κ2) is 6.58. The standard InChI is InChI=1S/C20H20FN3O7S/c1-8-7-24-15-10(4-11-16(14(15)21)31-23-18(11)32(3,28)29)6-20(17(24)9(2)30-8)12(25)5-13(26)22-19(20)27/h4,8-9,17H,5-7H2,1-3H3,(H,22,26,27)/t8-,9+,17-,20?/m1/s1. The van der Waals surface area contributed by atoms with Gasteiger partial charge in [-0.1, -0.05) is 5.16 Å². The van der Waals surface area contributed by atoms with E-state index in [0.29, 0.717) is 0 Å². The van der Waals surface area contributed by atoms with Gasteiger partial charge in [-0.05, 0) is 31.9 Å². The van der Waals surface area contributed by atoms with Gasteiger partial charge in [-0.3, -0.25) is 19.7 Å². The molecule has 32 heavy (non-hydrogen) atoms. The first-order valence-corrected chi connectivity index (χ1v) is 11.9. The summed E-state index contributed by atoms with van der Waals surface area (Å²) < 4.78 is 50.9. The number of halogens is 1. The largest absolute Gasteiger partial charge is 0.372 e. The highest BCUT2D eigenvalue weighted by Crippen LogP contribution is 2.50. The zero-order valence-electron chi connectivity index (χ0n) is 17.5. The molecule has 0 bridgehead atoms. The number of fused-ring (bicyclic) bond motifs is 5. The van der Waals surface area contributed by atoms with Crippen LogP contribution in [0, 0.1) is 11.2 Å². The fraction of sp³-hybridized carbons (Fsp3) is 0.500. The minimum Gasteiger partial charge on any atom is -0.372 e. The van der Waals surface area contributed by atoms with E-state index >= 15 is 4.39 Å². The van der Waals surface area contributed by atoms with E-state index < -0.39 is 62.3 Å². The zero-order valence-corrected chi connectivity index (χ0v) is 18.3. The molecule has 2 amide bonds. The summed E-state index contributed by atoms with van der Waals surface area (Å²) in [6.07, 6.45) is -0.755. The summed E-state index contributed by atoms with van der Waals surface area (Å²) in [5.74, 6) is -2.86. The second-order valence-electron chi connectivity index (χ2n) is 8.71. The Morgan fingerprint density at radius 1 is 1.28 bits per heavy atom. The van der Waals surface area contributed by atoms with Gasteiger partial charge in [-0.25, -0.2) is 12.8 Å². The molecule has 3 aliphatic rings. The lowest BCUT2D eigenvalue weighted by molar-refractivity contribution is -0.158. The maximum Gasteiger partial charge on any atom is 0.242 e. The fourth-order valence-corrected chi connectivity index (χ4v) is 6.12. The summed E-state index contributed by atoms with van der Waals surface area (Å²) in [6, 6.07) is 0.538. The fourth-order valence-electron chi connectivity index (χ4n) is 5.39.